The molecule has 0 saturated carbocycles. The number of halogens is 1. The molecule has 2 aromatic rings. The van der Waals surface area contributed by atoms with Gasteiger partial charge in [-0.05, 0) is 13.0 Å². The van der Waals surface area contributed by atoms with Gasteiger partial charge < -0.3 is 15.0 Å². The molecule has 0 amide bonds. The van der Waals surface area contributed by atoms with E-state index in [2.05, 4.69) is 5.16 Å². The number of rotatable bonds is 5. The van der Waals surface area contributed by atoms with Crippen LogP contribution >= 0.6 is 0 Å². The minimum atomic E-state index is -0.343. The molecule has 1 aromatic carbocycles. The Bertz CT molecular complexity index is 525. The van der Waals surface area contributed by atoms with E-state index in [1.54, 1.807) is 18.2 Å². The fourth-order valence-corrected chi connectivity index (χ4v) is 1.77. The van der Waals surface area contributed by atoms with E-state index in [1.807, 2.05) is 6.92 Å². The van der Waals surface area contributed by atoms with Crippen molar-refractivity contribution in [2.24, 2.45) is 0 Å². The molecule has 0 saturated heterocycles. The molecule has 2 rings (SSSR count). The lowest BCUT2D eigenvalue weighted by Gasteiger charge is -2.04. The van der Waals surface area contributed by atoms with Gasteiger partial charge in [-0.15, -0.1) is 0 Å². The lowest BCUT2D eigenvalue weighted by molar-refractivity contribution is 0.149. The van der Waals surface area contributed by atoms with Gasteiger partial charge in [0.25, 0.3) is 0 Å². The number of ether oxygens (including phenoxy) is 1. The molecule has 0 aliphatic rings. The molecule has 1 aromatic heterocycles. The van der Waals surface area contributed by atoms with Gasteiger partial charge in [0.15, 0.2) is 0 Å². The van der Waals surface area contributed by atoms with Gasteiger partial charge in [0, 0.05) is 18.6 Å². The predicted molar refractivity (Wildman–Crippen MR) is 66.5 cm³/mol. The average Bonchev–Trinajstić information content (AvgIpc) is 2.72. The van der Waals surface area contributed by atoms with E-state index in [0.717, 1.165) is 0 Å². The van der Waals surface area contributed by atoms with Gasteiger partial charge >= 0.3 is 0 Å². The molecule has 0 spiro atoms. The Labute approximate surface area is 105 Å². The fraction of sp³-hybridized carbons (Fsp3) is 0.308. The molecule has 0 atom stereocenters. The van der Waals surface area contributed by atoms with E-state index in [9.17, 15) is 4.39 Å². The topological polar surface area (TPSA) is 61.3 Å². The molecule has 2 N–H and O–H groups in total. The molecule has 0 aliphatic carbocycles. The molecular formula is C13H15FN2O2. The predicted octanol–water partition coefficient (Wildman–Crippen LogP) is 2.64. The van der Waals surface area contributed by atoms with Crippen LogP contribution in [0.4, 0.5) is 10.3 Å². The van der Waals surface area contributed by atoms with Gasteiger partial charge in [0.05, 0.1) is 17.9 Å². The van der Waals surface area contributed by atoms with Crippen molar-refractivity contribution in [1.29, 1.82) is 0 Å². The summed E-state index contributed by atoms with van der Waals surface area (Å²) in [4.78, 5) is 0. The van der Waals surface area contributed by atoms with Crippen LogP contribution in [-0.4, -0.2) is 18.4 Å². The number of nitrogens with zero attached hydrogens (tertiary/aromatic N) is 1. The Morgan fingerprint density at radius 2 is 2.17 bits per heavy atom. The largest absolute Gasteiger partial charge is 0.381 e. The second-order valence-corrected chi connectivity index (χ2v) is 3.80. The number of anilines is 1. The van der Waals surface area contributed by atoms with E-state index in [4.69, 9.17) is 15.0 Å². The Morgan fingerprint density at radius 1 is 1.39 bits per heavy atom. The van der Waals surface area contributed by atoms with Crippen molar-refractivity contribution in [3.63, 3.8) is 0 Å². The highest BCUT2D eigenvalue weighted by atomic mass is 19.1. The minimum absolute atomic E-state index is 0.131. The molecular weight excluding hydrogens is 235 g/mol. The van der Waals surface area contributed by atoms with Crippen LogP contribution in [0.15, 0.2) is 28.8 Å². The highest BCUT2D eigenvalue weighted by Gasteiger charge is 2.18. The second kappa shape index (κ2) is 5.64. The number of nitrogen functional groups attached to an aromatic ring is 1. The summed E-state index contributed by atoms with van der Waals surface area (Å²) in [5.74, 6) is -0.211. The summed E-state index contributed by atoms with van der Waals surface area (Å²) in [5, 5.41) is 3.86. The number of hydrogen-bond acceptors (Lipinski definition) is 4. The molecule has 0 aliphatic heterocycles. The van der Waals surface area contributed by atoms with Gasteiger partial charge in [-0.2, -0.15) is 0 Å². The lowest BCUT2D eigenvalue weighted by Crippen LogP contribution is -2.00. The van der Waals surface area contributed by atoms with Crippen LogP contribution < -0.4 is 5.73 Å². The van der Waals surface area contributed by atoms with E-state index in [0.29, 0.717) is 36.5 Å². The lowest BCUT2D eigenvalue weighted by atomic mass is 10.0. The van der Waals surface area contributed by atoms with Crippen LogP contribution in [0.1, 0.15) is 12.6 Å². The monoisotopic (exact) mass is 250 g/mol. The first kappa shape index (κ1) is 12.6. The molecule has 0 bridgehead atoms. The summed E-state index contributed by atoms with van der Waals surface area (Å²) in [7, 11) is 0. The van der Waals surface area contributed by atoms with Crippen molar-refractivity contribution in [2.45, 2.75) is 13.3 Å². The van der Waals surface area contributed by atoms with Crippen molar-refractivity contribution < 1.29 is 13.7 Å². The first-order valence-electron chi connectivity index (χ1n) is 5.80. The Hall–Kier alpha value is -1.88. The van der Waals surface area contributed by atoms with Gasteiger partial charge in [-0.3, -0.25) is 0 Å². The molecule has 4 nitrogen and oxygen atoms in total. The molecule has 5 heteroatoms. The maximum atomic E-state index is 13.7. The van der Waals surface area contributed by atoms with E-state index in [-0.39, 0.29) is 11.7 Å². The summed E-state index contributed by atoms with van der Waals surface area (Å²) >= 11 is 0. The molecule has 0 radical (unpaired) electrons. The van der Waals surface area contributed by atoms with Gasteiger partial charge in [0.1, 0.15) is 5.82 Å². The quantitative estimate of drug-likeness (QED) is 0.829. The molecule has 18 heavy (non-hydrogen) atoms. The average molecular weight is 250 g/mol. The number of benzene rings is 1. The molecule has 0 fully saturated rings. The van der Waals surface area contributed by atoms with Gasteiger partial charge in [-0.1, -0.05) is 23.4 Å². The Morgan fingerprint density at radius 3 is 2.89 bits per heavy atom. The molecule has 96 valence electrons. The standard InChI is InChI=1S/C13H15FN2O2/c1-2-17-8-7-11-12(13(15)18-16-11)9-5-3-4-6-10(9)14/h3-6H,2,7-8,15H2,1H3. The third-order valence-electron chi connectivity index (χ3n) is 2.62. The van der Waals surface area contributed by atoms with Gasteiger partial charge in [-0.25, -0.2) is 4.39 Å². The SMILES string of the molecule is CCOCCc1noc(N)c1-c1ccccc1F. The zero-order valence-corrected chi connectivity index (χ0v) is 10.1. The highest BCUT2D eigenvalue weighted by molar-refractivity contribution is 5.75. The maximum absolute atomic E-state index is 13.7. The van der Waals surface area contributed by atoms with Crippen LogP contribution in [0, 0.1) is 5.82 Å². The van der Waals surface area contributed by atoms with Crippen LogP contribution in [0.3, 0.4) is 0 Å². The summed E-state index contributed by atoms with van der Waals surface area (Å²) in [6.45, 7) is 3.04. The second-order valence-electron chi connectivity index (χ2n) is 3.80. The highest BCUT2D eigenvalue weighted by Crippen LogP contribution is 2.31. The zero-order valence-electron chi connectivity index (χ0n) is 10.1. The third kappa shape index (κ3) is 2.51. The van der Waals surface area contributed by atoms with Crippen molar-refractivity contribution >= 4 is 5.88 Å². The van der Waals surface area contributed by atoms with E-state index in [1.165, 1.54) is 6.07 Å². The first-order valence-corrected chi connectivity index (χ1v) is 5.80. The minimum Gasteiger partial charge on any atom is -0.381 e. The Kier molecular flexibility index (Phi) is 3.94. The number of nitrogens with two attached hydrogens (primary N) is 1. The van der Waals surface area contributed by atoms with Crippen LogP contribution in [-0.2, 0) is 11.2 Å². The number of hydrogen-bond donors (Lipinski definition) is 1. The zero-order chi connectivity index (χ0) is 13.0. The fourth-order valence-electron chi connectivity index (χ4n) is 1.77. The molecule has 1 heterocycles. The smallest absolute Gasteiger partial charge is 0.230 e. The summed E-state index contributed by atoms with van der Waals surface area (Å²) in [6.07, 6.45) is 0.540. The van der Waals surface area contributed by atoms with Crippen LogP contribution in [0.25, 0.3) is 11.1 Å². The van der Waals surface area contributed by atoms with E-state index >= 15 is 0 Å². The van der Waals surface area contributed by atoms with Crippen molar-refractivity contribution in [1.82, 2.24) is 5.16 Å². The summed E-state index contributed by atoms with van der Waals surface area (Å²) in [5.41, 5.74) is 7.25. The maximum Gasteiger partial charge on any atom is 0.230 e. The third-order valence-corrected chi connectivity index (χ3v) is 2.62. The van der Waals surface area contributed by atoms with Crippen molar-refractivity contribution in [3.05, 3.63) is 35.8 Å². The molecule has 0 unspecified atom stereocenters. The first-order chi connectivity index (χ1) is 8.74. The summed E-state index contributed by atoms with van der Waals surface area (Å²) < 4.78 is 23.9. The van der Waals surface area contributed by atoms with Crippen LogP contribution in [0.5, 0.6) is 0 Å². The van der Waals surface area contributed by atoms with Crippen molar-refractivity contribution in [3.8, 4) is 11.1 Å². The van der Waals surface area contributed by atoms with E-state index < -0.39 is 0 Å². The Balaban J connectivity index is 2.32. The normalized spacial score (nSPS) is 10.8. The summed E-state index contributed by atoms with van der Waals surface area (Å²) in [6, 6.07) is 6.41. The van der Waals surface area contributed by atoms with Crippen LogP contribution in [0.2, 0.25) is 0 Å². The van der Waals surface area contributed by atoms with Gasteiger partial charge in [0.2, 0.25) is 5.88 Å². The number of aromatic nitrogens is 1. The van der Waals surface area contributed by atoms with Crippen molar-refractivity contribution in [2.75, 3.05) is 18.9 Å².